The Hall–Kier alpha value is -2.16. The van der Waals surface area contributed by atoms with Crippen LogP contribution in [0.3, 0.4) is 0 Å². The van der Waals surface area contributed by atoms with Crippen LogP contribution in [0.25, 0.3) is 28.1 Å². The molecule has 1 aliphatic carbocycles. The van der Waals surface area contributed by atoms with Gasteiger partial charge in [0.25, 0.3) is 0 Å². The van der Waals surface area contributed by atoms with Gasteiger partial charge in [-0.3, -0.25) is 0 Å². The third-order valence-corrected chi connectivity index (χ3v) is 4.17. The molecule has 0 radical (unpaired) electrons. The number of rotatable bonds is 0. The predicted octanol–water partition coefficient (Wildman–Crippen LogP) is 3.72. The normalized spacial score (nSPS) is 18.4. The zero-order valence-corrected chi connectivity index (χ0v) is 11.8. The number of benzene rings is 1. The van der Waals surface area contributed by atoms with Gasteiger partial charge >= 0.3 is 0 Å². The molecule has 4 rings (SSSR count). The summed E-state index contributed by atoms with van der Waals surface area (Å²) < 4.78 is 2.15. The summed E-state index contributed by atoms with van der Waals surface area (Å²) in [6.45, 7) is 2.27. The Morgan fingerprint density at radius 3 is 2.95 bits per heavy atom. The molecule has 0 N–H and O–H groups in total. The van der Waals surface area contributed by atoms with E-state index >= 15 is 0 Å². The Kier molecular flexibility index (Phi) is 2.43. The molecular weight excluding hydrogens is 246 g/mol. The Balaban J connectivity index is 2.10. The van der Waals surface area contributed by atoms with Crippen LogP contribution in [0.2, 0.25) is 0 Å². The predicted molar refractivity (Wildman–Crippen MR) is 82.5 cm³/mol. The first-order chi connectivity index (χ1) is 9.74. The van der Waals surface area contributed by atoms with Crippen molar-refractivity contribution in [2.24, 2.45) is 13.0 Å². The van der Waals surface area contributed by atoms with Gasteiger partial charge in [0.15, 0.2) is 5.65 Å². The van der Waals surface area contributed by atoms with Crippen LogP contribution < -0.4 is 0 Å². The molecule has 0 bridgehead atoms. The van der Waals surface area contributed by atoms with E-state index in [-0.39, 0.29) is 0 Å². The van der Waals surface area contributed by atoms with Crippen molar-refractivity contribution in [1.82, 2.24) is 14.5 Å². The van der Waals surface area contributed by atoms with E-state index in [2.05, 4.69) is 55.0 Å². The van der Waals surface area contributed by atoms with Crippen molar-refractivity contribution < 1.29 is 0 Å². The van der Waals surface area contributed by atoms with Gasteiger partial charge in [0, 0.05) is 12.4 Å². The highest BCUT2D eigenvalue weighted by Gasteiger charge is 2.17. The molecule has 0 aliphatic heterocycles. The van der Waals surface area contributed by atoms with E-state index in [1.807, 2.05) is 0 Å². The van der Waals surface area contributed by atoms with E-state index in [0.717, 1.165) is 35.4 Å². The minimum absolute atomic E-state index is 0.633. The maximum Gasteiger partial charge on any atom is 0.159 e. The fraction of sp³-hybridized carbons (Fsp3) is 0.294. The second-order valence-electron chi connectivity index (χ2n) is 5.75. The zero-order chi connectivity index (χ0) is 13.7. The van der Waals surface area contributed by atoms with E-state index in [9.17, 15) is 0 Å². The molecule has 2 aromatic heterocycles. The fourth-order valence-corrected chi connectivity index (χ4v) is 3.08. The number of para-hydroxylation sites is 1. The van der Waals surface area contributed by atoms with E-state index in [4.69, 9.17) is 9.97 Å². The van der Waals surface area contributed by atoms with Gasteiger partial charge in [0.1, 0.15) is 5.52 Å². The van der Waals surface area contributed by atoms with Crippen LogP contribution in [-0.2, 0) is 13.5 Å². The molecule has 20 heavy (non-hydrogen) atoms. The molecule has 1 unspecified atom stereocenters. The Morgan fingerprint density at radius 2 is 2.05 bits per heavy atom. The first-order valence-corrected chi connectivity index (χ1v) is 7.14. The van der Waals surface area contributed by atoms with Crippen LogP contribution in [0.15, 0.2) is 30.3 Å². The summed E-state index contributed by atoms with van der Waals surface area (Å²) in [5, 5.41) is 1.19. The highest BCUT2D eigenvalue weighted by atomic mass is 15.0. The smallest absolute Gasteiger partial charge is 0.159 e. The molecule has 2 heterocycles. The van der Waals surface area contributed by atoms with Crippen LogP contribution in [0.5, 0.6) is 0 Å². The molecule has 3 aromatic rings. The molecule has 0 saturated carbocycles. The van der Waals surface area contributed by atoms with Crippen molar-refractivity contribution in [3.8, 4) is 0 Å². The van der Waals surface area contributed by atoms with Crippen molar-refractivity contribution in [2.45, 2.75) is 19.8 Å². The molecule has 1 aromatic carbocycles. The topological polar surface area (TPSA) is 30.7 Å². The maximum absolute atomic E-state index is 4.91. The SMILES string of the molecule is CC1CC=Cc2nc3c4ccccc4n(C)c3nc2C1. The molecule has 0 spiro atoms. The van der Waals surface area contributed by atoms with Gasteiger partial charge in [-0.1, -0.05) is 31.2 Å². The summed E-state index contributed by atoms with van der Waals surface area (Å²) in [7, 11) is 2.07. The average molecular weight is 263 g/mol. The number of aromatic nitrogens is 3. The van der Waals surface area contributed by atoms with Crippen LogP contribution in [-0.4, -0.2) is 14.5 Å². The molecule has 0 fully saturated rings. The quantitative estimate of drug-likeness (QED) is 0.619. The first kappa shape index (κ1) is 11.6. The molecule has 0 saturated heterocycles. The van der Waals surface area contributed by atoms with E-state index in [0.29, 0.717) is 5.92 Å². The number of fused-ring (bicyclic) bond motifs is 4. The summed E-state index contributed by atoms with van der Waals surface area (Å²) >= 11 is 0. The van der Waals surface area contributed by atoms with Crippen LogP contribution in [0, 0.1) is 5.92 Å². The first-order valence-electron chi connectivity index (χ1n) is 7.14. The van der Waals surface area contributed by atoms with Crippen molar-refractivity contribution in [3.63, 3.8) is 0 Å². The van der Waals surface area contributed by atoms with Gasteiger partial charge in [-0.25, -0.2) is 9.97 Å². The van der Waals surface area contributed by atoms with Gasteiger partial charge < -0.3 is 4.57 Å². The van der Waals surface area contributed by atoms with Gasteiger partial charge in [-0.15, -0.1) is 0 Å². The molecule has 0 amide bonds. The van der Waals surface area contributed by atoms with Crippen LogP contribution in [0.4, 0.5) is 0 Å². The lowest BCUT2D eigenvalue weighted by Crippen LogP contribution is -2.04. The fourth-order valence-electron chi connectivity index (χ4n) is 3.08. The van der Waals surface area contributed by atoms with Crippen molar-refractivity contribution in [2.75, 3.05) is 0 Å². The Morgan fingerprint density at radius 1 is 1.20 bits per heavy atom. The van der Waals surface area contributed by atoms with Gasteiger partial charge in [0.05, 0.1) is 16.9 Å². The lowest BCUT2D eigenvalue weighted by molar-refractivity contribution is 0.585. The third-order valence-electron chi connectivity index (χ3n) is 4.17. The van der Waals surface area contributed by atoms with Crippen LogP contribution in [0.1, 0.15) is 24.7 Å². The average Bonchev–Trinajstić information content (AvgIpc) is 2.61. The maximum atomic E-state index is 4.91. The van der Waals surface area contributed by atoms with Gasteiger partial charge in [-0.05, 0) is 30.9 Å². The summed E-state index contributed by atoms with van der Waals surface area (Å²) in [5.41, 5.74) is 5.37. The minimum Gasteiger partial charge on any atom is -0.327 e. The van der Waals surface area contributed by atoms with Crippen molar-refractivity contribution in [1.29, 1.82) is 0 Å². The summed E-state index contributed by atoms with van der Waals surface area (Å²) in [5.74, 6) is 0.633. The summed E-state index contributed by atoms with van der Waals surface area (Å²) in [4.78, 5) is 9.80. The molecule has 1 aliphatic rings. The Bertz CT molecular complexity index is 842. The largest absolute Gasteiger partial charge is 0.327 e. The second-order valence-corrected chi connectivity index (χ2v) is 5.75. The zero-order valence-electron chi connectivity index (χ0n) is 11.8. The number of hydrogen-bond donors (Lipinski definition) is 0. The standard InChI is InChI=1S/C17H17N3/c1-11-6-5-8-13-14(10-11)19-17-16(18-13)12-7-3-4-9-15(12)20(17)2/h3-5,7-9,11H,6,10H2,1-2H3. The third kappa shape index (κ3) is 1.59. The molecule has 3 heteroatoms. The second kappa shape index (κ2) is 4.17. The van der Waals surface area contributed by atoms with Gasteiger partial charge in [0.2, 0.25) is 0 Å². The molecule has 3 nitrogen and oxygen atoms in total. The monoisotopic (exact) mass is 263 g/mol. The lowest BCUT2D eigenvalue weighted by atomic mass is 10.0. The molecule has 100 valence electrons. The van der Waals surface area contributed by atoms with Crippen molar-refractivity contribution in [3.05, 3.63) is 41.7 Å². The summed E-state index contributed by atoms with van der Waals surface area (Å²) in [6.07, 6.45) is 6.47. The van der Waals surface area contributed by atoms with E-state index in [1.165, 1.54) is 10.9 Å². The van der Waals surface area contributed by atoms with E-state index < -0.39 is 0 Å². The number of nitrogens with zero attached hydrogens (tertiary/aromatic N) is 3. The highest BCUT2D eigenvalue weighted by Crippen LogP contribution is 2.28. The lowest BCUT2D eigenvalue weighted by Gasteiger charge is -2.07. The van der Waals surface area contributed by atoms with Crippen molar-refractivity contribution >= 4 is 28.1 Å². The highest BCUT2D eigenvalue weighted by molar-refractivity contribution is 6.04. The van der Waals surface area contributed by atoms with E-state index in [1.54, 1.807) is 0 Å². The number of allylic oxidation sites excluding steroid dienone is 1. The minimum atomic E-state index is 0.633. The molecular formula is C17H17N3. The van der Waals surface area contributed by atoms with Gasteiger partial charge in [-0.2, -0.15) is 0 Å². The summed E-state index contributed by atoms with van der Waals surface area (Å²) in [6, 6.07) is 8.38. The van der Waals surface area contributed by atoms with Crippen LogP contribution >= 0.6 is 0 Å². The Labute approximate surface area is 118 Å². The number of aryl methyl sites for hydroxylation is 1. The number of hydrogen-bond acceptors (Lipinski definition) is 2. The molecule has 1 atom stereocenters.